The molecule has 0 saturated carbocycles. The number of carbonyl (C=O) groups excluding carboxylic acids is 1. The first-order valence-electron chi connectivity index (χ1n) is 7.08. The Morgan fingerprint density at radius 1 is 1.30 bits per heavy atom. The second-order valence-electron chi connectivity index (χ2n) is 4.89. The fourth-order valence-corrected chi connectivity index (χ4v) is 1.92. The first-order chi connectivity index (χ1) is 11.1. The number of nitrogens with zero attached hydrogens (tertiary/aromatic N) is 1. The molecule has 120 valence electrons. The first-order valence-corrected chi connectivity index (χ1v) is 7.08. The van der Waals surface area contributed by atoms with Crippen LogP contribution in [0.4, 0.5) is 5.69 Å². The van der Waals surface area contributed by atoms with Crippen molar-refractivity contribution in [2.24, 2.45) is 5.10 Å². The molecule has 2 aromatic carbocycles. The van der Waals surface area contributed by atoms with Crippen LogP contribution in [-0.4, -0.2) is 30.9 Å². The molecular formula is C17H19N3O3. The summed E-state index contributed by atoms with van der Waals surface area (Å²) in [7, 11) is 1.52. The number of ether oxygens (including phenoxy) is 1. The van der Waals surface area contributed by atoms with Crippen LogP contribution >= 0.6 is 0 Å². The van der Waals surface area contributed by atoms with Crippen molar-refractivity contribution in [2.75, 3.05) is 19.0 Å². The third-order valence-electron chi connectivity index (χ3n) is 3.21. The number of nitrogens with one attached hydrogen (secondary N) is 2. The Morgan fingerprint density at radius 3 is 2.78 bits per heavy atom. The summed E-state index contributed by atoms with van der Waals surface area (Å²) in [5.41, 5.74) is 4.85. The van der Waals surface area contributed by atoms with E-state index in [0.29, 0.717) is 11.3 Å². The maximum atomic E-state index is 11.7. The fraction of sp³-hybridized carbons (Fsp3) is 0.176. The summed E-state index contributed by atoms with van der Waals surface area (Å²) in [6.07, 6.45) is 1.38. The van der Waals surface area contributed by atoms with E-state index in [4.69, 9.17) is 4.74 Å². The van der Waals surface area contributed by atoms with Crippen molar-refractivity contribution in [1.82, 2.24) is 5.43 Å². The van der Waals surface area contributed by atoms with E-state index in [1.807, 2.05) is 31.2 Å². The monoisotopic (exact) mass is 313 g/mol. The summed E-state index contributed by atoms with van der Waals surface area (Å²) >= 11 is 0. The molecule has 0 aliphatic heterocycles. The number of carbonyl (C=O) groups is 1. The number of amides is 1. The number of phenols is 1. The maximum Gasteiger partial charge on any atom is 0.259 e. The van der Waals surface area contributed by atoms with Crippen LogP contribution in [0.25, 0.3) is 0 Å². The van der Waals surface area contributed by atoms with Gasteiger partial charge in [-0.25, -0.2) is 5.43 Å². The van der Waals surface area contributed by atoms with Crippen LogP contribution in [-0.2, 0) is 4.79 Å². The molecule has 3 N–H and O–H groups in total. The molecule has 0 saturated heterocycles. The van der Waals surface area contributed by atoms with Gasteiger partial charge in [-0.2, -0.15) is 5.10 Å². The van der Waals surface area contributed by atoms with Gasteiger partial charge in [0.25, 0.3) is 5.91 Å². The molecule has 0 bridgehead atoms. The SMILES string of the molecule is COc1ccc(C=NNC(=O)CNc2ccccc2C)c(O)c1. The molecule has 0 spiro atoms. The lowest BCUT2D eigenvalue weighted by Gasteiger charge is -2.08. The van der Waals surface area contributed by atoms with E-state index in [2.05, 4.69) is 15.8 Å². The minimum Gasteiger partial charge on any atom is -0.507 e. The van der Waals surface area contributed by atoms with Crippen LogP contribution in [0.15, 0.2) is 47.6 Å². The van der Waals surface area contributed by atoms with Crippen LogP contribution in [0.2, 0.25) is 0 Å². The second kappa shape index (κ2) is 7.84. The number of methoxy groups -OCH3 is 1. The van der Waals surface area contributed by atoms with Crippen LogP contribution in [0, 0.1) is 6.92 Å². The van der Waals surface area contributed by atoms with E-state index >= 15 is 0 Å². The van der Waals surface area contributed by atoms with Crippen LogP contribution < -0.4 is 15.5 Å². The predicted molar refractivity (Wildman–Crippen MR) is 90.1 cm³/mol. The molecule has 0 aromatic heterocycles. The molecule has 23 heavy (non-hydrogen) atoms. The molecule has 0 radical (unpaired) electrons. The predicted octanol–water partition coefficient (Wildman–Crippen LogP) is 2.27. The fourth-order valence-electron chi connectivity index (χ4n) is 1.92. The number of rotatable bonds is 6. The van der Waals surface area contributed by atoms with E-state index in [9.17, 15) is 9.90 Å². The Bertz CT molecular complexity index is 714. The largest absolute Gasteiger partial charge is 0.507 e. The number of para-hydroxylation sites is 1. The van der Waals surface area contributed by atoms with Crippen molar-refractivity contribution in [3.8, 4) is 11.5 Å². The van der Waals surface area contributed by atoms with Crippen molar-refractivity contribution in [3.05, 3.63) is 53.6 Å². The third kappa shape index (κ3) is 4.74. The van der Waals surface area contributed by atoms with E-state index in [0.717, 1.165) is 11.3 Å². The van der Waals surface area contributed by atoms with E-state index in [1.54, 1.807) is 12.1 Å². The van der Waals surface area contributed by atoms with Crippen LogP contribution in [0.5, 0.6) is 11.5 Å². The first kappa shape index (κ1) is 16.4. The van der Waals surface area contributed by atoms with E-state index in [1.165, 1.54) is 19.4 Å². The zero-order chi connectivity index (χ0) is 16.7. The zero-order valence-corrected chi connectivity index (χ0v) is 13.0. The number of anilines is 1. The topological polar surface area (TPSA) is 83.0 Å². The Hall–Kier alpha value is -3.02. The summed E-state index contributed by atoms with van der Waals surface area (Å²) in [6, 6.07) is 12.5. The number of benzene rings is 2. The van der Waals surface area contributed by atoms with Crippen molar-refractivity contribution in [2.45, 2.75) is 6.92 Å². The lowest BCUT2D eigenvalue weighted by atomic mass is 10.2. The van der Waals surface area contributed by atoms with Gasteiger partial charge in [-0.3, -0.25) is 4.79 Å². The Kier molecular flexibility index (Phi) is 5.57. The molecule has 0 unspecified atom stereocenters. The maximum absolute atomic E-state index is 11.7. The lowest BCUT2D eigenvalue weighted by molar-refractivity contribution is -0.119. The standard InChI is InChI=1S/C17H19N3O3/c1-12-5-3-4-6-15(12)18-11-17(22)20-19-10-13-7-8-14(23-2)9-16(13)21/h3-10,18,21H,11H2,1-2H3,(H,20,22). The van der Waals surface area contributed by atoms with Gasteiger partial charge in [0.15, 0.2) is 0 Å². The quantitative estimate of drug-likeness (QED) is 0.564. The smallest absolute Gasteiger partial charge is 0.259 e. The van der Waals surface area contributed by atoms with Gasteiger partial charge < -0.3 is 15.2 Å². The van der Waals surface area contributed by atoms with Gasteiger partial charge >= 0.3 is 0 Å². The van der Waals surface area contributed by atoms with Crippen molar-refractivity contribution < 1.29 is 14.6 Å². The van der Waals surface area contributed by atoms with Gasteiger partial charge in [-0.15, -0.1) is 0 Å². The number of aromatic hydroxyl groups is 1. The summed E-state index contributed by atoms with van der Waals surface area (Å²) in [4.78, 5) is 11.7. The van der Waals surface area contributed by atoms with Gasteiger partial charge in [-0.1, -0.05) is 18.2 Å². The Morgan fingerprint density at radius 2 is 2.09 bits per heavy atom. The molecule has 2 rings (SSSR count). The highest BCUT2D eigenvalue weighted by Crippen LogP contribution is 2.21. The Labute approximate surface area is 134 Å². The summed E-state index contributed by atoms with van der Waals surface area (Å²) in [6.45, 7) is 2.07. The molecule has 0 atom stereocenters. The van der Waals surface area contributed by atoms with Gasteiger partial charge in [0.05, 0.1) is 19.9 Å². The van der Waals surface area contributed by atoms with Gasteiger partial charge in [0.2, 0.25) is 0 Å². The number of hydrazone groups is 1. The molecule has 2 aromatic rings. The highest BCUT2D eigenvalue weighted by Gasteiger charge is 2.03. The van der Waals surface area contributed by atoms with Crippen LogP contribution in [0.1, 0.15) is 11.1 Å². The number of aryl methyl sites for hydroxylation is 1. The minimum atomic E-state index is -0.280. The summed E-state index contributed by atoms with van der Waals surface area (Å²) in [5.74, 6) is 0.295. The van der Waals surface area contributed by atoms with Gasteiger partial charge in [0.1, 0.15) is 11.5 Å². The number of hydrogen-bond donors (Lipinski definition) is 3. The number of phenolic OH excluding ortho intramolecular Hbond substituents is 1. The number of hydrogen-bond acceptors (Lipinski definition) is 5. The molecular weight excluding hydrogens is 294 g/mol. The van der Waals surface area contributed by atoms with Gasteiger partial charge in [-0.05, 0) is 30.7 Å². The van der Waals surface area contributed by atoms with E-state index < -0.39 is 0 Å². The highest BCUT2D eigenvalue weighted by atomic mass is 16.5. The molecule has 0 heterocycles. The van der Waals surface area contributed by atoms with Crippen LogP contribution in [0.3, 0.4) is 0 Å². The Balaban J connectivity index is 1.85. The molecule has 6 nitrogen and oxygen atoms in total. The normalized spacial score (nSPS) is 10.5. The zero-order valence-electron chi connectivity index (χ0n) is 13.0. The molecule has 6 heteroatoms. The van der Waals surface area contributed by atoms with E-state index in [-0.39, 0.29) is 18.2 Å². The lowest BCUT2D eigenvalue weighted by Crippen LogP contribution is -2.26. The average Bonchev–Trinajstić information content (AvgIpc) is 2.55. The molecule has 0 aliphatic carbocycles. The molecule has 0 aliphatic rings. The second-order valence-corrected chi connectivity index (χ2v) is 4.89. The average molecular weight is 313 g/mol. The summed E-state index contributed by atoms with van der Waals surface area (Å²) in [5, 5.41) is 16.6. The molecule has 0 fully saturated rings. The van der Waals surface area contributed by atoms with Crippen molar-refractivity contribution in [1.29, 1.82) is 0 Å². The third-order valence-corrected chi connectivity index (χ3v) is 3.21. The van der Waals surface area contributed by atoms with Gasteiger partial charge in [0, 0.05) is 17.3 Å². The van der Waals surface area contributed by atoms with Crippen molar-refractivity contribution in [3.63, 3.8) is 0 Å². The summed E-state index contributed by atoms with van der Waals surface area (Å²) < 4.78 is 4.99. The highest BCUT2D eigenvalue weighted by molar-refractivity contribution is 5.86. The molecule has 1 amide bonds. The van der Waals surface area contributed by atoms with Crippen molar-refractivity contribution >= 4 is 17.8 Å². The minimum absolute atomic E-state index is 0.0281.